The van der Waals surface area contributed by atoms with Gasteiger partial charge < -0.3 is 9.64 Å². The molecule has 1 saturated heterocycles. The van der Waals surface area contributed by atoms with Gasteiger partial charge in [0.1, 0.15) is 6.10 Å². The first-order valence-electron chi connectivity index (χ1n) is 7.70. The molecule has 7 heteroatoms. The molecule has 1 amide bonds. The molecule has 0 aromatic carbocycles. The van der Waals surface area contributed by atoms with E-state index >= 15 is 0 Å². The Morgan fingerprint density at radius 1 is 1.52 bits per heavy atom. The highest BCUT2D eigenvalue weighted by molar-refractivity contribution is 7.86. The number of ether oxygens (including phenoxy) is 1. The lowest BCUT2D eigenvalue weighted by Crippen LogP contribution is -2.70. The van der Waals surface area contributed by atoms with Crippen LogP contribution in [0.1, 0.15) is 32.1 Å². The van der Waals surface area contributed by atoms with Gasteiger partial charge in [0.2, 0.25) is 0 Å². The van der Waals surface area contributed by atoms with Crippen LogP contribution in [0.4, 0.5) is 0 Å². The van der Waals surface area contributed by atoms with Gasteiger partial charge in [0.25, 0.3) is 16.0 Å². The molecule has 1 heterocycles. The van der Waals surface area contributed by atoms with Crippen LogP contribution in [0.15, 0.2) is 11.6 Å². The van der Waals surface area contributed by atoms with Gasteiger partial charge >= 0.3 is 0 Å². The number of rotatable bonds is 8. The highest BCUT2D eigenvalue weighted by atomic mass is 32.2. The number of β-lactam (4-membered cyclic amide) rings is 1. The Kier molecular flexibility index (Phi) is 5.84. The Labute approximate surface area is 137 Å². The zero-order chi connectivity index (χ0) is 17.0. The van der Waals surface area contributed by atoms with Crippen molar-refractivity contribution in [1.29, 1.82) is 0 Å². The zero-order valence-corrected chi connectivity index (χ0v) is 14.3. The molecule has 0 aromatic heterocycles. The highest BCUT2D eigenvalue weighted by Gasteiger charge is 2.52. The van der Waals surface area contributed by atoms with E-state index in [4.69, 9.17) is 15.3 Å². The number of nitrogens with zero attached hydrogens (tertiary/aromatic N) is 1. The van der Waals surface area contributed by atoms with E-state index in [1.807, 2.05) is 0 Å². The summed E-state index contributed by atoms with van der Waals surface area (Å²) in [6, 6.07) is -0.433. The van der Waals surface area contributed by atoms with E-state index in [0.717, 1.165) is 25.5 Å². The number of hydrogen-bond acceptors (Lipinski definition) is 5. The maximum Gasteiger partial charge on any atom is 0.264 e. The van der Waals surface area contributed by atoms with E-state index in [9.17, 15) is 13.2 Å². The molecule has 0 unspecified atom stereocenters. The second kappa shape index (κ2) is 7.47. The summed E-state index contributed by atoms with van der Waals surface area (Å²) in [5.74, 6) is 2.32. The average Bonchev–Trinajstić information content (AvgIpc) is 2.96. The molecule has 3 atom stereocenters. The van der Waals surface area contributed by atoms with Crippen LogP contribution in [0, 0.1) is 12.3 Å². The molecule has 0 spiro atoms. The number of amides is 1. The third kappa shape index (κ3) is 4.34. The third-order valence-electron chi connectivity index (χ3n) is 4.23. The van der Waals surface area contributed by atoms with Crippen LogP contribution < -0.4 is 0 Å². The van der Waals surface area contributed by atoms with E-state index in [-0.39, 0.29) is 5.91 Å². The van der Waals surface area contributed by atoms with Gasteiger partial charge in [-0.2, -0.15) is 8.42 Å². The average molecular weight is 341 g/mol. The predicted octanol–water partition coefficient (Wildman–Crippen LogP) is 1.08. The summed E-state index contributed by atoms with van der Waals surface area (Å²) >= 11 is 0. The molecule has 6 nitrogen and oxygen atoms in total. The van der Waals surface area contributed by atoms with Crippen molar-refractivity contribution in [1.82, 2.24) is 4.90 Å². The predicted molar refractivity (Wildman–Crippen MR) is 86.0 cm³/mol. The molecule has 0 saturated carbocycles. The minimum atomic E-state index is -3.64. The first kappa shape index (κ1) is 18.0. The van der Waals surface area contributed by atoms with E-state index in [2.05, 4.69) is 12.0 Å². The largest absolute Gasteiger partial charge is 0.369 e. The lowest BCUT2D eigenvalue weighted by molar-refractivity contribution is -0.178. The monoisotopic (exact) mass is 341 g/mol. The van der Waals surface area contributed by atoms with Crippen molar-refractivity contribution in [2.45, 2.75) is 50.4 Å². The topological polar surface area (TPSA) is 72.9 Å². The first-order valence-corrected chi connectivity index (χ1v) is 9.52. The van der Waals surface area contributed by atoms with Crippen molar-refractivity contribution in [2.75, 3.05) is 19.9 Å². The molecule has 23 heavy (non-hydrogen) atoms. The van der Waals surface area contributed by atoms with Gasteiger partial charge in [0.05, 0.1) is 12.3 Å². The number of carbonyl (C=O) groups excluding carboxylic acids is 1. The molecule has 1 fully saturated rings. The van der Waals surface area contributed by atoms with Gasteiger partial charge in [-0.05, 0) is 25.7 Å². The molecule has 0 bridgehead atoms. The summed E-state index contributed by atoms with van der Waals surface area (Å²) in [6.45, 7) is 0.378. The summed E-state index contributed by atoms with van der Waals surface area (Å²) in [4.78, 5) is 13.7. The maximum absolute atomic E-state index is 12.1. The molecule has 1 aliphatic carbocycles. The number of hydrogen-bond donors (Lipinski definition) is 0. The smallest absolute Gasteiger partial charge is 0.264 e. The van der Waals surface area contributed by atoms with Crippen LogP contribution >= 0.6 is 0 Å². The highest BCUT2D eigenvalue weighted by Crippen LogP contribution is 2.33. The van der Waals surface area contributed by atoms with Gasteiger partial charge in [-0.15, -0.1) is 12.3 Å². The molecular formula is C16H23NO5S. The number of carbonyl (C=O) groups is 1. The number of methoxy groups -OCH3 is 1. The lowest BCUT2D eigenvalue weighted by atomic mass is 9.88. The molecule has 0 radical (unpaired) electrons. The molecular weight excluding hydrogens is 318 g/mol. The van der Waals surface area contributed by atoms with E-state index in [1.165, 1.54) is 12.7 Å². The van der Waals surface area contributed by atoms with Crippen LogP contribution in [0.3, 0.4) is 0 Å². The minimum Gasteiger partial charge on any atom is -0.369 e. The lowest BCUT2D eigenvalue weighted by Gasteiger charge is -2.49. The van der Waals surface area contributed by atoms with Crippen LogP contribution in [-0.4, -0.2) is 57.4 Å². The molecule has 0 N–H and O–H groups in total. The summed E-state index contributed by atoms with van der Waals surface area (Å²) in [5.41, 5.74) is 1.17. The Hall–Kier alpha value is -1.36. The zero-order valence-electron chi connectivity index (χ0n) is 13.5. The molecule has 2 rings (SSSR count). The molecule has 2 aliphatic rings. The van der Waals surface area contributed by atoms with Gasteiger partial charge in [-0.1, -0.05) is 11.6 Å². The Morgan fingerprint density at radius 3 is 2.78 bits per heavy atom. The van der Waals surface area contributed by atoms with Crippen LogP contribution in [0.2, 0.25) is 0 Å². The summed E-state index contributed by atoms with van der Waals surface area (Å²) in [5, 5.41) is 0. The van der Waals surface area contributed by atoms with Crippen LogP contribution in [0.5, 0.6) is 0 Å². The summed E-state index contributed by atoms with van der Waals surface area (Å²) in [7, 11) is -2.20. The second-order valence-electron chi connectivity index (χ2n) is 5.93. The second-order valence-corrected chi connectivity index (χ2v) is 7.53. The fourth-order valence-electron chi connectivity index (χ4n) is 3.24. The third-order valence-corrected chi connectivity index (χ3v) is 4.82. The van der Waals surface area contributed by atoms with Crippen molar-refractivity contribution in [3.63, 3.8) is 0 Å². The van der Waals surface area contributed by atoms with Gasteiger partial charge in [-0.3, -0.25) is 8.98 Å². The van der Waals surface area contributed by atoms with Crippen molar-refractivity contribution >= 4 is 16.0 Å². The van der Waals surface area contributed by atoms with Crippen LogP contribution in [0.25, 0.3) is 0 Å². The van der Waals surface area contributed by atoms with Gasteiger partial charge in [0.15, 0.2) is 6.10 Å². The number of terminal acetylenes is 1. The Morgan fingerprint density at radius 2 is 2.26 bits per heavy atom. The van der Waals surface area contributed by atoms with Crippen molar-refractivity contribution in [3.8, 4) is 12.3 Å². The normalized spacial score (nSPS) is 25.7. The quantitative estimate of drug-likeness (QED) is 0.286. The van der Waals surface area contributed by atoms with Crippen molar-refractivity contribution in [2.24, 2.45) is 0 Å². The summed E-state index contributed by atoms with van der Waals surface area (Å²) < 4.78 is 33.8. The van der Waals surface area contributed by atoms with Gasteiger partial charge in [-0.25, -0.2) is 0 Å². The van der Waals surface area contributed by atoms with E-state index in [1.54, 1.807) is 4.90 Å². The molecule has 0 aromatic rings. The van der Waals surface area contributed by atoms with Crippen molar-refractivity contribution in [3.05, 3.63) is 11.6 Å². The maximum atomic E-state index is 12.1. The van der Waals surface area contributed by atoms with Crippen molar-refractivity contribution < 1.29 is 22.1 Å². The van der Waals surface area contributed by atoms with E-state index < -0.39 is 28.4 Å². The fourth-order valence-corrected chi connectivity index (χ4v) is 3.87. The Bertz CT molecular complexity index is 619. The van der Waals surface area contributed by atoms with Crippen LogP contribution in [-0.2, 0) is 23.8 Å². The number of allylic oxidation sites excluding steroid dienone is 1. The first-order chi connectivity index (χ1) is 10.9. The fraction of sp³-hybridized carbons (Fsp3) is 0.688. The minimum absolute atomic E-state index is 0.171. The SMILES string of the molecule is C#CCCN1C(=O)[C@H](OC)[C@@H]1[C@@H](CC1=CCCC1)OS(C)(=O)=O. The number of likely N-dealkylation sites (tertiary alicyclic amines) is 1. The molecule has 1 aliphatic heterocycles. The van der Waals surface area contributed by atoms with E-state index in [0.29, 0.717) is 19.4 Å². The standard InChI is InChI=1S/C16H23NO5S/c1-4-5-10-17-14(15(21-2)16(17)18)13(22-23(3,19)20)11-12-8-6-7-9-12/h1,8,13-15H,5-7,9-11H2,2-3H3/t13-,14+,15-/m1/s1. The Balaban J connectivity index is 2.19. The summed E-state index contributed by atoms with van der Waals surface area (Å²) in [6.07, 6.45) is 11.0. The van der Waals surface area contributed by atoms with Gasteiger partial charge in [0, 0.05) is 20.1 Å². The molecule has 128 valence electrons.